The third kappa shape index (κ3) is 6.79. The van der Waals surface area contributed by atoms with Crippen LogP contribution in [0.3, 0.4) is 0 Å². The number of aliphatic hydroxyl groups excluding tert-OH is 1. The molecule has 0 radical (unpaired) electrons. The zero-order valence-electron chi connectivity index (χ0n) is 20.9. The number of morpholine rings is 1. The Bertz CT molecular complexity index is 1170. The average Bonchev–Trinajstić information content (AvgIpc) is 2.87. The van der Waals surface area contributed by atoms with Gasteiger partial charge < -0.3 is 29.5 Å². The van der Waals surface area contributed by atoms with Crippen LogP contribution in [0.15, 0.2) is 42.7 Å². The largest absolute Gasteiger partial charge is 0.494 e. The third-order valence-electron chi connectivity index (χ3n) is 5.47. The minimum atomic E-state index is -0.547. The summed E-state index contributed by atoms with van der Waals surface area (Å²) in [6.07, 6.45) is 3.31. The number of amides is 1. The number of ether oxygens (including phenoxy) is 3. The number of carbonyl (C=O) groups excluding carboxylic acids is 1. The monoisotopic (exact) mass is 495 g/mol. The molecule has 2 N–H and O–H groups in total. The second-order valence-electron chi connectivity index (χ2n) is 9.53. The molecule has 1 fully saturated rings. The predicted octanol–water partition coefficient (Wildman–Crippen LogP) is 3.50. The van der Waals surface area contributed by atoms with Gasteiger partial charge in [0.1, 0.15) is 16.9 Å². The van der Waals surface area contributed by atoms with Gasteiger partial charge in [0.2, 0.25) is 0 Å². The Balaban J connectivity index is 1.48. The fraction of sp³-hybridized carbons (Fsp3) is 0.462. The van der Waals surface area contributed by atoms with Crippen molar-refractivity contribution in [2.45, 2.75) is 38.9 Å². The van der Waals surface area contributed by atoms with Crippen LogP contribution in [0.5, 0.6) is 5.75 Å². The summed E-state index contributed by atoms with van der Waals surface area (Å²) >= 11 is 0. The van der Waals surface area contributed by atoms with Gasteiger partial charge in [0.15, 0.2) is 5.82 Å². The first kappa shape index (κ1) is 25.6. The number of carbonyl (C=O) groups is 1. The SMILES string of the molecule is CC(C)(C)OC(=O)N1CCO[C@H](CNc2nc(-c3ccc(OCCCO)cc3)cc3nccnc23)C1. The number of nitrogens with zero attached hydrogens (tertiary/aromatic N) is 4. The van der Waals surface area contributed by atoms with Crippen molar-refractivity contribution in [3.05, 3.63) is 42.7 Å². The average molecular weight is 496 g/mol. The molecule has 1 aromatic carbocycles. The first-order valence-electron chi connectivity index (χ1n) is 12.1. The zero-order valence-corrected chi connectivity index (χ0v) is 20.9. The minimum absolute atomic E-state index is 0.0981. The predicted molar refractivity (Wildman–Crippen MR) is 136 cm³/mol. The lowest BCUT2D eigenvalue weighted by molar-refractivity contribution is -0.0371. The van der Waals surface area contributed by atoms with Gasteiger partial charge in [0.05, 0.1) is 37.1 Å². The second-order valence-corrected chi connectivity index (χ2v) is 9.53. The number of pyridine rings is 1. The van der Waals surface area contributed by atoms with E-state index < -0.39 is 5.60 Å². The molecule has 2 aromatic heterocycles. The van der Waals surface area contributed by atoms with Crippen molar-refractivity contribution < 1.29 is 24.1 Å². The maximum absolute atomic E-state index is 12.5. The van der Waals surface area contributed by atoms with E-state index in [0.717, 1.165) is 17.0 Å². The van der Waals surface area contributed by atoms with Crippen LogP contribution in [-0.2, 0) is 9.47 Å². The Morgan fingerprint density at radius 3 is 2.75 bits per heavy atom. The van der Waals surface area contributed by atoms with Crippen LogP contribution in [0, 0.1) is 0 Å². The van der Waals surface area contributed by atoms with E-state index in [1.807, 2.05) is 51.1 Å². The maximum Gasteiger partial charge on any atom is 0.410 e. The number of anilines is 1. The van der Waals surface area contributed by atoms with E-state index in [9.17, 15) is 4.79 Å². The fourth-order valence-corrected chi connectivity index (χ4v) is 3.77. The summed E-state index contributed by atoms with van der Waals surface area (Å²) in [5.74, 6) is 1.33. The van der Waals surface area contributed by atoms with Gasteiger partial charge in [-0.05, 0) is 51.1 Å². The molecule has 0 aliphatic carbocycles. The van der Waals surface area contributed by atoms with Gasteiger partial charge in [-0.3, -0.25) is 4.98 Å². The third-order valence-corrected chi connectivity index (χ3v) is 5.47. The number of aromatic nitrogens is 3. The molecule has 3 heterocycles. The Labute approximate surface area is 210 Å². The first-order chi connectivity index (χ1) is 17.3. The molecule has 36 heavy (non-hydrogen) atoms. The van der Waals surface area contributed by atoms with Crippen LogP contribution < -0.4 is 10.1 Å². The molecule has 0 bridgehead atoms. The van der Waals surface area contributed by atoms with Gasteiger partial charge in [-0.1, -0.05) is 0 Å². The molecule has 0 saturated carbocycles. The molecule has 1 amide bonds. The number of fused-ring (bicyclic) bond motifs is 1. The van der Waals surface area contributed by atoms with Gasteiger partial charge in [-0.2, -0.15) is 0 Å². The highest BCUT2D eigenvalue weighted by atomic mass is 16.6. The molecule has 10 nitrogen and oxygen atoms in total. The van der Waals surface area contributed by atoms with Crippen molar-refractivity contribution in [2.75, 3.05) is 44.8 Å². The Morgan fingerprint density at radius 1 is 1.22 bits per heavy atom. The van der Waals surface area contributed by atoms with E-state index in [4.69, 9.17) is 24.3 Å². The van der Waals surface area contributed by atoms with Crippen LogP contribution in [-0.4, -0.2) is 82.2 Å². The Morgan fingerprint density at radius 2 is 2.00 bits per heavy atom. The van der Waals surface area contributed by atoms with Crippen LogP contribution >= 0.6 is 0 Å². The Hall–Kier alpha value is -3.50. The van der Waals surface area contributed by atoms with Gasteiger partial charge in [-0.25, -0.2) is 14.8 Å². The summed E-state index contributed by atoms with van der Waals surface area (Å²) in [6.45, 7) is 7.91. The number of benzene rings is 1. The lowest BCUT2D eigenvalue weighted by Crippen LogP contribution is -2.49. The molecular weight excluding hydrogens is 462 g/mol. The van der Waals surface area contributed by atoms with Gasteiger partial charge in [0, 0.05) is 44.1 Å². The van der Waals surface area contributed by atoms with Crippen LogP contribution in [0.25, 0.3) is 22.3 Å². The van der Waals surface area contributed by atoms with Crippen LogP contribution in [0.2, 0.25) is 0 Å². The molecule has 192 valence electrons. The number of nitrogens with one attached hydrogen (secondary N) is 1. The summed E-state index contributed by atoms with van der Waals surface area (Å²) in [4.78, 5) is 27.9. The molecule has 1 aliphatic rings. The van der Waals surface area contributed by atoms with Crippen molar-refractivity contribution in [1.82, 2.24) is 19.9 Å². The van der Waals surface area contributed by atoms with Crippen molar-refractivity contribution in [3.8, 4) is 17.0 Å². The van der Waals surface area contributed by atoms with Crippen molar-refractivity contribution in [1.29, 1.82) is 0 Å². The summed E-state index contributed by atoms with van der Waals surface area (Å²) in [6, 6.07) is 9.53. The summed E-state index contributed by atoms with van der Waals surface area (Å²) in [7, 11) is 0. The van der Waals surface area contributed by atoms with Crippen molar-refractivity contribution in [3.63, 3.8) is 0 Å². The fourth-order valence-electron chi connectivity index (χ4n) is 3.77. The lowest BCUT2D eigenvalue weighted by Gasteiger charge is -2.34. The van der Waals surface area contributed by atoms with Crippen molar-refractivity contribution in [2.24, 2.45) is 0 Å². The standard InChI is InChI=1S/C26H33N5O5/c1-26(2,3)36-25(33)31-11-14-35-20(17-31)16-29-24-23-22(27-9-10-28-23)15-21(30-24)18-5-7-19(8-6-18)34-13-4-12-32/h5-10,15,20,32H,4,11-14,16-17H2,1-3H3,(H,29,30)/t20-/m1/s1. The van der Waals surface area contributed by atoms with Gasteiger partial charge in [-0.15, -0.1) is 0 Å². The highest BCUT2D eigenvalue weighted by Gasteiger charge is 2.28. The van der Waals surface area contributed by atoms with E-state index in [0.29, 0.717) is 56.1 Å². The van der Waals surface area contributed by atoms with E-state index >= 15 is 0 Å². The molecule has 3 aromatic rings. The van der Waals surface area contributed by atoms with E-state index in [-0.39, 0.29) is 18.8 Å². The Kier molecular flexibility index (Phi) is 8.17. The molecule has 4 rings (SSSR count). The topological polar surface area (TPSA) is 119 Å². The first-order valence-corrected chi connectivity index (χ1v) is 12.1. The number of hydrogen-bond donors (Lipinski definition) is 2. The second kappa shape index (κ2) is 11.5. The minimum Gasteiger partial charge on any atom is -0.494 e. The van der Waals surface area contributed by atoms with Crippen LogP contribution in [0.4, 0.5) is 10.6 Å². The molecule has 1 aliphatic heterocycles. The van der Waals surface area contributed by atoms with E-state index in [2.05, 4.69) is 15.3 Å². The smallest absolute Gasteiger partial charge is 0.410 e. The molecule has 1 atom stereocenters. The summed E-state index contributed by atoms with van der Waals surface area (Å²) in [5, 5.41) is 12.3. The maximum atomic E-state index is 12.5. The summed E-state index contributed by atoms with van der Waals surface area (Å²) < 4.78 is 17.0. The summed E-state index contributed by atoms with van der Waals surface area (Å²) in [5.41, 5.74) is 2.48. The number of rotatable bonds is 8. The van der Waals surface area contributed by atoms with Gasteiger partial charge in [0.25, 0.3) is 0 Å². The highest BCUT2D eigenvalue weighted by Crippen LogP contribution is 2.27. The molecule has 10 heteroatoms. The van der Waals surface area contributed by atoms with Crippen molar-refractivity contribution >= 4 is 22.9 Å². The van der Waals surface area contributed by atoms with E-state index in [1.165, 1.54) is 0 Å². The molecular formula is C26H33N5O5. The molecule has 1 saturated heterocycles. The van der Waals surface area contributed by atoms with E-state index in [1.54, 1.807) is 17.3 Å². The molecule has 0 unspecified atom stereocenters. The van der Waals surface area contributed by atoms with Gasteiger partial charge >= 0.3 is 6.09 Å². The number of aliphatic hydroxyl groups is 1. The van der Waals surface area contributed by atoms with Crippen LogP contribution in [0.1, 0.15) is 27.2 Å². The quantitative estimate of drug-likeness (QED) is 0.453. The zero-order chi connectivity index (χ0) is 25.5. The highest BCUT2D eigenvalue weighted by molar-refractivity contribution is 5.88. The number of hydrogen-bond acceptors (Lipinski definition) is 9. The lowest BCUT2D eigenvalue weighted by atomic mass is 10.1. The molecule has 0 spiro atoms. The normalized spacial score (nSPS) is 16.1.